The van der Waals surface area contributed by atoms with E-state index in [9.17, 15) is 0 Å². The van der Waals surface area contributed by atoms with E-state index in [1.165, 1.54) is 16.7 Å². The molecular formula is C13H18ClNO. The fourth-order valence-electron chi connectivity index (χ4n) is 2.10. The van der Waals surface area contributed by atoms with Crippen molar-refractivity contribution in [2.45, 2.75) is 19.3 Å². The third kappa shape index (κ3) is 2.57. The third-order valence-electron chi connectivity index (χ3n) is 2.88. The van der Waals surface area contributed by atoms with Gasteiger partial charge in [0.1, 0.15) is 5.75 Å². The van der Waals surface area contributed by atoms with Crippen LogP contribution in [-0.4, -0.2) is 13.7 Å². The summed E-state index contributed by atoms with van der Waals surface area (Å²) in [6.07, 6.45) is 5.52. The molecular weight excluding hydrogens is 222 g/mol. The van der Waals surface area contributed by atoms with Gasteiger partial charge in [-0.05, 0) is 54.6 Å². The van der Waals surface area contributed by atoms with Crippen molar-refractivity contribution < 1.29 is 4.74 Å². The van der Waals surface area contributed by atoms with Crippen molar-refractivity contribution in [1.82, 2.24) is 0 Å². The number of hydrogen-bond acceptors (Lipinski definition) is 2. The van der Waals surface area contributed by atoms with E-state index in [2.05, 4.69) is 18.2 Å². The summed E-state index contributed by atoms with van der Waals surface area (Å²) in [5.74, 6) is 0.929. The lowest BCUT2D eigenvalue weighted by atomic mass is 9.89. The van der Waals surface area contributed by atoms with E-state index >= 15 is 0 Å². The Kier molecular flexibility index (Phi) is 4.84. The first-order valence-corrected chi connectivity index (χ1v) is 5.41. The molecule has 2 rings (SSSR count). The quantitative estimate of drug-likeness (QED) is 0.881. The van der Waals surface area contributed by atoms with Crippen LogP contribution in [0, 0.1) is 0 Å². The molecule has 0 saturated heterocycles. The molecule has 1 aromatic carbocycles. The summed E-state index contributed by atoms with van der Waals surface area (Å²) in [6, 6.07) is 6.32. The minimum absolute atomic E-state index is 0. The van der Waals surface area contributed by atoms with Gasteiger partial charge in [0.05, 0.1) is 7.11 Å². The van der Waals surface area contributed by atoms with Gasteiger partial charge >= 0.3 is 0 Å². The number of ether oxygens (including phenoxy) is 1. The van der Waals surface area contributed by atoms with Crippen molar-refractivity contribution in [3.05, 3.63) is 35.4 Å². The molecule has 1 aliphatic rings. The second kappa shape index (κ2) is 5.92. The molecule has 0 atom stereocenters. The molecule has 0 aliphatic heterocycles. The third-order valence-corrected chi connectivity index (χ3v) is 2.88. The van der Waals surface area contributed by atoms with Crippen LogP contribution in [0.1, 0.15) is 24.0 Å². The average molecular weight is 240 g/mol. The Balaban J connectivity index is 0.00000128. The molecule has 2 nitrogen and oxygen atoms in total. The summed E-state index contributed by atoms with van der Waals surface area (Å²) < 4.78 is 5.25. The first-order chi connectivity index (χ1) is 7.35. The number of halogens is 1. The van der Waals surface area contributed by atoms with Crippen LogP contribution in [0.3, 0.4) is 0 Å². The van der Waals surface area contributed by atoms with Crippen molar-refractivity contribution in [2.75, 3.05) is 13.7 Å². The number of methoxy groups -OCH3 is 1. The van der Waals surface area contributed by atoms with Gasteiger partial charge in [-0.15, -0.1) is 12.4 Å². The molecule has 2 N–H and O–H groups in total. The maximum Gasteiger partial charge on any atom is 0.119 e. The van der Waals surface area contributed by atoms with Crippen LogP contribution >= 0.6 is 12.4 Å². The van der Waals surface area contributed by atoms with Crippen molar-refractivity contribution >= 4 is 18.0 Å². The molecule has 3 heteroatoms. The van der Waals surface area contributed by atoms with Gasteiger partial charge < -0.3 is 10.5 Å². The van der Waals surface area contributed by atoms with E-state index in [0.717, 1.165) is 25.0 Å². The fraction of sp³-hybridized carbons (Fsp3) is 0.385. The van der Waals surface area contributed by atoms with Gasteiger partial charge in [0.25, 0.3) is 0 Å². The van der Waals surface area contributed by atoms with E-state index in [1.54, 1.807) is 7.11 Å². The van der Waals surface area contributed by atoms with Crippen LogP contribution < -0.4 is 10.5 Å². The predicted octanol–water partition coefficient (Wildman–Crippen LogP) is 2.80. The van der Waals surface area contributed by atoms with Crippen LogP contribution in [0.15, 0.2) is 24.3 Å². The van der Waals surface area contributed by atoms with Gasteiger partial charge in [-0.3, -0.25) is 0 Å². The normalized spacial score (nSPS) is 13.5. The van der Waals surface area contributed by atoms with Crippen LogP contribution in [0.4, 0.5) is 0 Å². The highest BCUT2D eigenvalue weighted by molar-refractivity contribution is 5.85. The zero-order valence-electron chi connectivity index (χ0n) is 9.53. The highest BCUT2D eigenvalue weighted by Crippen LogP contribution is 2.31. The molecule has 0 aromatic heterocycles. The molecule has 0 unspecified atom stereocenters. The summed E-state index contributed by atoms with van der Waals surface area (Å²) in [4.78, 5) is 0. The Labute approximate surface area is 103 Å². The molecule has 1 aromatic rings. The number of fused-ring (bicyclic) bond motifs is 1. The summed E-state index contributed by atoms with van der Waals surface area (Å²) in [6.45, 7) is 0.711. The van der Waals surface area contributed by atoms with Crippen LogP contribution in [0.5, 0.6) is 5.75 Å². The van der Waals surface area contributed by atoms with Gasteiger partial charge in [0, 0.05) is 0 Å². The topological polar surface area (TPSA) is 35.2 Å². The Morgan fingerprint density at radius 2 is 2.19 bits per heavy atom. The molecule has 88 valence electrons. The molecule has 0 saturated carbocycles. The molecule has 16 heavy (non-hydrogen) atoms. The molecule has 1 aliphatic carbocycles. The first kappa shape index (κ1) is 13.1. The van der Waals surface area contributed by atoms with E-state index < -0.39 is 0 Å². The van der Waals surface area contributed by atoms with Crippen LogP contribution in [0.2, 0.25) is 0 Å². The molecule has 0 heterocycles. The molecule has 0 spiro atoms. The highest BCUT2D eigenvalue weighted by atomic mass is 35.5. The molecule has 0 fully saturated rings. The Hall–Kier alpha value is -0.990. The van der Waals surface area contributed by atoms with Crippen molar-refractivity contribution in [2.24, 2.45) is 5.73 Å². The first-order valence-electron chi connectivity index (χ1n) is 5.41. The van der Waals surface area contributed by atoms with Gasteiger partial charge in [0.15, 0.2) is 0 Å². The number of benzene rings is 1. The largest absolute Gasteiger partial charge is 0.497 e. The van der Waals surface area contributed by atoms with E-state index in [0.29, 0.717) is 6.54 Å². The highest BCUT2D eigenvalue weighted by Gasteiger charge is 2.12. The smallest absolute Gasteiger partial charge is 0.119 e. The summed E-state index contributed by atoms with van der Waals surface area (Å²) in [5.41, 5.74) is 9.73. The number of hydrogen-bond donors (Lipinski definition) is 1. The predicted molar refractivity (Wildman–Crippen MR) is 70.2 cm³/mol. The molecule has 0 radical (unpaired) electrons. The monoisotopic (exact) mass is 239 g/mol. The summed E-state index contributed by atoms with van der Waals surface area (Å²) >= 11 is 0. The zero-order chi connectivity index (χ0) is 10.7. The SMILES string of the molecule is COc1ccc2c(c1)C(CCN)=CCC2.Cl. The maximum absolute atomic E-state index is 5.61. The second-order valence-electron chi connectivity index (χ2n) is 3.83. The number of nitrogens with two attached hydrogens (primary N) is 1. The molecule has 0 bridgehead atoms. The molecule has 0 amide bonds. The second-order valence-corrected chi connectivity index (χ2v) is 3.83. The van der Waals surface area contributed by atoms with Crippen molar-refractivity contribution in [1.29, 1.82) is 0 Å². The van der Waals surface area contributed by atoms with Crippen molar-refractivity contribution in [3.63, 3.8) is 0 Å². The number of allylic oxidation sites excluding steroid dienone is 1. The minimum Gasteiger partial charge on any atom is -0.497 e. The van der Waals surface area contributed by atoms with Gasteiger partial charge in [0.2, 0.25) is 0 Å². The lowest BCUT2D eigenvalue weighted by Gasteiger charge is -2.18. The van der Waals surface area contributed by atoms with E-state index in [4.69, 9.17) is 10.5 Å². The lowest BCUT2D eigenvalue weighted by molar-refractivity contribution is 0.414. The Morgan fingerprint density at radius 1 is 1.38 bits per heavy atom. The van der Waals surface area contributed by atoms with Crippen LogP contribution in [-0.2, 0) is 6.42 Å². The van der Waals surface area contributed by atoms with Crippen LogP contribution in [0.25, 0.3) is 5.57 Å². The van der Waals surface area contributed by atoms with Crippen molar-refractivity contribution in [3.8, 4) is 5.75 Å². The average Bonchev–Trinajstić information content (AvgIpc) is 2.29. The van der Waals surface area contributed by atoms with Gasteiger partial charge in [-0.2, -0.15) is 0 Å². The number of rotatable bonds is 3. The Morgan fingerprint density at radius 3 is 2.88 bits per heavy atom. The standard InChI is InChI=1S/C13H17NO.ClH/c1-15-12-6-5-10-3-2-4-11(7-8-14)13(10)9-12;/h4-6,9H,2-3,7-8,14H2,1H3;1H. The summed E-state index contributed by atoms with van der Waals surface area (Å²) in [7, 11) is 1.71. The lowest BCUT2D eigenvalue weighted by Crippen LogP contribution is -2.05. The van der Waals surface area contributed by atoms with E-state index in [1.807, 2.05) is 6.07 Å². The number of aryl methyl sites for hydroxylation is 1. The minimum atomic E-state index is 0. The zero-order valence-corrected chi connectivity index (χ0v) is 10.3. The van der Waals surface area contributed by atoms with E-state index in [-0.39, 0.29) is 12.4 Å². The Bertz CT molecular complexity index is 388. The fourth-order valence-corrected chi connectivity index (χ4v) is 2.10. The maximum atomic E-state index is 5.61. The summed E-state index contributed by atoms with van der Waals surface area (Å²) in [5, 5.41) is 0. The van der Waals surface area contributed by atoms with Gasteiger partial charge in [-0.1, -0.05) is 12.1 Å². The van der Waals surface area contributed by atoms with Gasteiger partial charge in [-0.25, -0.2) is 0 Å².